The highest BCUT2D eigenvalue weighted by Gasteiger charge is 2.09. The van der Waals surface area contributed by atoms with E-state index in [1.165, 1.54) is 0 Å². The number of hydrogen-bond donors (Lipinski definition) is 0. The maximum absolute atomic E-state index is 12.3. The second-order valence-electron chi connectivity index (χ2n) is 5.63. The van der Waals surface area contributed by atoms with Gasteiger partial charge in [-0.1, -0.05) is 67.9 Å². The van der Waals surface area contributed by atoms with E-state index in [2.05, 4.69) is 6.92 Å². The molecule has 0 aliphatic rings. The van der Waals surface area contributed by atoms with Crippen LogP contribution in [0.2, 0.25) is 0 Å². The van der Waals surface area contributed by atoms with Crippen LogP contribution in [0.15, 0.2) is 60.2 Å². The van der Waals surface area contributed by atoms with Gasteiger partial charge in [0.25, 0.3) is 0 Å². The Hall–Kier alpha value is -2.68. The predicted molar refractivity (Wildman–Crippen MR) is 95.8 cm³/mol. The standard InChI is InChI=1S/C21H22O3/c1-3-4-14-24-21(23)16(2)15-17-10-12-19(13-11-17)20(22)18-8-6-5-7-9-18/h5-13,15H,3-4,14H2,1-2H3/b16-15+. The first kappa shape index (κ1) is 17.7. The summed E-state index contributed by atoms with van der Waals surface area (Å²) in [5.74, 6) is -0.310. The number of rotatable bonds is 7. The molecule has 24 heavy (non-hydrogen) atoms. The number of benzene rings is 2. The molecule has 3 nitrogen and oxygen atoms in total. The van der Waals surface area contributed by atoms with Crippen LogP contribution < -0.4 is 0 Å². The minimum atomic E-state index is -0.298. The fourth-order valence-electron chi connectivity index (χ4n) is 2.22. The lowest BCUT2D eigenvalue weighted by Gasteiger charge is -2.05. The van der Waals surface area contributed by atoms with Crippen molar-refractivity contribution in [2.75, 3.05) is 6.61 Å². The van der Waals surface area contributed by atoms with Gasteiger partial charge in [0, 0.05) is 16.7 Å². The van der Waals surface area contributed by atoms with E-state index in [9.17, 15) is 9.59 Å². The number of esters is 1. The van der Waals surface area contributed by atoms with Crippen molar-refractivity contribution in [2.45, 2.75) is 26.7 Å². The van der Waals surface area contributed by atoms with E-state index >= 15 is 0 Å². The molecule has 0 heterocycles. The van der Waals surface area contributed by atoms with Gasteiger partial charge in [-0.25, -0.2) is 4.79 Å². The van der Waals surface area contributed by atoms with Crippen LogP contribution in [0, 0.1) is 0 Å². The minimum Gasteiger partial charge on any atom is -0.462 e. The Bertz CT molecular complexity index is 713. The van der Waals surface area contributed by atoms with Gasteiger partial charge in [-0.3, -0.25) is 4.79 Å². The molecule has 0 N–H and O–H groups in total. The number of ether oxygens (including phenoxy) is 1. The van der Waals surface area contributed by atoms with Gasteiger partial charge in [0.2, 0.25) is 0 Å². The summed E-state index contributed by atoms with van der Waals surface area (Å²) in [5.41, 5.74) is 2.70. The van der Waals surface area contributed by atoms with Crippen molar-refractivity contribution in [2.24, 2.45) is 0 Å². The van der Waals surface area contributed by atoms with E-state index in [-0.39, 0.29) is 11.8 Å². The van der Waals surface area contributed by atoms with Crippen molar-refractivity contribution in [3.63, 3.8) is 0 Å². The summed E-state index contributed by atoms with van der Waals surface area (Å²) in [5, 5.41) is 0. The smallest absolute Gasteiger partial charge is 0.333 e. The molecule has 0 aliphatic heterocycles. The van der Waals surface area contributed by atoms with Crippen molar-refractivity contribution in [3.8, 4) is 0 Å². The molecule has 124 valence electrons. The van der Waals surface area contributed by atoms with E-state index in [1.807, 2.05) is 30.3 Å². The molecule has 2 aromatic carbocycles. The number of ketones is 1. The molecule has 0 bridgehead atoms. The van der Waals surface area contributed by atoms with Crippen LogP contribution in [-0.2, 0) is 9.53 Å². The maximum Gasteiger partial charge on any atom is 0.333 e. The van der Waals surface area contributed by atoms with Gasteiger partial charge < -0.3 is 4.74 Å². The molecule has 0 atom stereocenters. The normalized spacial score (nSPS) is 11.2. The summed E-state index contributed by atoms with van der Waals surface area (Å²) in [7, 11) is 0. The van der Waals surface area contributed by atoms with Crippen molar-refractivity contribution in [3.05, 3.63) is 76.9 Å². The number of hydrogen-bond acceptors (Lipinski definition) is 3. The lowest BCUT2D eigenvalue weighted by Crippen LogP contribution is -2.06. The first-order valence-electron chi connectivity index (χ1n) is 8.17. The molecule has 0 fully saturated rings. The summed E-state index contributed by atoms with van der Waals surface area (Å²) in [4.78, 5) is 24.2. The monoisotopic (exact) mass is 322 g/mol. The Kier molecular flexibility index (Phi) is 6.50. The van der Waals surface area contributed by atoms with Crippen LogP contribution in [0.1, 0.15) is 48.2 Å². The fourth-order valence-corrected chi connectivity index (χ4v) is 2.22. The molecular weight excluding hydrogens is 300 g/mol. The van der Waals surface area contributed by atoms with Crippen LogP contribution in [0.3, 0.4) is 0 Å². The summed E-state index contributed by atoms with van der Waals surface area (Å²) in [6, 6.07) is 16.4. The molecule has 0 aliphatic carbocycles. The van der Waals surface area contributed by atoms with Gasteiger partial charge in [0.1, 0.15) is 0 Å². The number of carbonyl (C=O) groups is 2. The first-order chi connectivity index (χ1) is 11.6. The Labute approximate surface area is 143 Å². The van der Waals surface area contributed by atoms with E-state index in [0.717, 1.165) is 18.4 Å². The molecule has 3 heteroatoms. The first-order valence-corrected chi connectivity index (χ1v) is 8.17. The van der Waals surface area contributed by atoms with Gasteiger partial charge in [0.15, 0.2) is 5.78 Å². The minimum absolute atomic E-state index is 0.0122. The molecule has 0 unspecified atom stereocenters. The third-order valence-corrected chi connectivity index (χ3v) is 3.65. The molecule has 0 spiro atoms. The Morgan fingerprint density at radius 3 is 2.21 bits per heavy atom. The highest BCUT2D eigenvalue weighted by atomic mass is 16.5. The zero-order chi connectivity index (χ0) is 17.4. The predicted octanol–water partition coefficient (Wildman–Crippen LogP) is 4.66. The van der Waals surface area contributed by atoms with Gasteiger partial charge in [-0.2, -0.15) is 0 Å². The average Bonchev–Trinajstić information content (AvgIpc) is 2.62. The summed E-state index contributed by atoms with van der Waals surface area (Å²) in [6.07, 6.45) is 3.63. The largest absolute Gasteiger partial charge is 0.462 e. The van der Waals surface area contributed by atoms with E-state index in [4.69, 9.17) is 4.74 Å². The zero-order valence-electron chi connectivity index (χ0n) is 14.1. The average molecular weight is 322 g/mol. The van der Waals surface area contributed by atoms with Crippen molar-refractivity contribution < 1.29 is 14.3 Å². The number of carbonyl (C=O) groups excluding carboxylic acids is 2. The quantitative estimate of drug-likeness (QED) is 0.322. The van der Waals surface area contributed by atoms with Crippen molar-refractivity contribution in [1.29, 1.82) is 0 Å². The SMILES string of the molecule is CCCCOC(=O)/C(C)=C/c1ccc(C(=O)c2ccccc2)cc1. The zero-order valence-corrected chi connectivity index (χ0v) is 14.1. The van der Waals surface area contributed by atoms with Gasteiger partial charge in [0.05, 0.1) is 6.61 Å². The van der Waals surface area contributed by atoms with E-state index < -0.39 is 0 Å². The van der Waals surface area contributed by atoms with E-state index in [0.29, 0.717) is 23.3 Å². The molecule has 2 aromatic rings. The van der Waals surface area contributed by atoms with Crippen molar-refractivity contribution >= 4 is 17.8 Å². The Balaban J connectivity index is 2.05. The van der Waals surface area contributed by atoms with Gasteiger partial charge >= 0.3 is 5.97 Å². The summed E-state index contributed by atoms with van der Waals surface area (Å²) < 4.78 is 5.17. The third-order valence-electron chi connectivity index (χ3n) is 3.65. The lowest BCUT2D eigenvalue weighted by molar-refractivity contribution is -0.138. The molecule has 0 saturated heterocycles. The van der Waals surface area contributed by atoms with Gasteiger partial charge in [-0.15, -0.1) is 0 Å². The van der Waals surface area contributed by atoms with Crippen LogP contribution in [0.5, 0.6) is 0 Å². The molecule has 2 rings (SSSR count). The Morgan fingerprint density at radius 1 is 0.958 bits per heavy atom. The summed E-state index contributed by atoms with van der Waals surface area (Å²) in [6.45, 7) is 4.23. The maximum atomic E-state index is 12.3. The van der Waals surface area contributed by atoms with Crippen molar-refractivity contribution in [1.82, 2.24) is 0 Å². The van der Waals surface area contributed by atoms with Crippen LogP contribution in [-0.4, -0.2) is 18.4 Å². The topological polar surface area (TPSA) is 43.4 Å². The van der Waals surface area contributed by atoms with Crippen LogP contribution in [0.4, 0.5) is 0 Å². The van der Waals surface area contributed by atoms with E-state index in [1.54, 1.807) is 37.3 Å². The molecular formula is C21H22O3. The second-order valence-corrected chi connectivity index (χ2v) is 5.63. The van der Waals surface area contributed by atoms with Crippen LogP contribution >= 0.6 is 0 Å². The Morgan fingerprint density at radius 2 is 1.58 bits per heavy atom. The second kappa shape index (κ2) is 8.82. The highest BCUT2D eigenvalue weighted by Crippen LogP contribution is 2.13. The molecule has 0 amide bonds. The summed E-state index contributed by atoms with van der Waals surface area (Å²) >= 11 is 0. The number of unbranched alkanes of at least 4 members (excludes halogenated alkanes) is 1. The lowest BCUT2D eigenvalue weighted by atomic mass is 10.0. The molecule has 0 saturated carbocycles. The molecule has 0 aromatic heterocycles. The van der Waals surface area contributed by atoms with Gasteiger partial charge in [-0.05, 0) is 25.0 Å². The molecule has 0 radical (unpaired) electrons. The highest BCUT2D eigenvalue weighted by molar-refractivity contribution is 6.09. The fraction of sp³-hybridized carbons (Fsp3) is 0.238. The van der Waals surface area contributed by atoms with Crippen LogP contribution in [0.25, 0.3) is 6.08 Å². The third kappa shape index (κ3) is 4.92.